The molecule has 2 aromatic carbocycles. The van der Waals surface area contributed by atoms with Gasteiger partial charge in [0, 0.05) is 23.0 Å². The van der Waals surface area contributed by atoms with Gasteiger partial charge < -0.3 is 5.32 Å². The van der Waals surface area contributed by atoms with Crippen molar-refractivity contribution in [2.24, 2.45) is 0 Å². The van der Waals surface area contributed by atoms with Crippen LogP contribution in [0.15, 0.2) is 71.0 Å². The Morgan fingerprint density at radius 3 is 2.96 bits per heavy atom. The number of carbonyl (C=O) groups excluding carboxylic acids is 1. The van der Waals surface area contributed by atoms with Crippen molar-refractivity contribution >= 4 is 29.4 Å². The van der Waals surface area contributed by atoms with Crippen LogP contribution in [0.2, 0.25) is 0 Å². The lowest BCUT2D eigenvalue weighted by atomic mass is 10.0. The Morgan fingerprint density at radius 2 is 2.07 bits per heavy atom. The molecule has 1 aromatic heterocycles. The summed E-state index contributed by atoms with van der Waals surface area (Å²) in [6.07, 6.45) is 4.69. The van der Waals surface area contributed by atoms with Gasteiger partial charge in [-0.05, 0) is 36.6 Å². The van der Waals surface area contributed by atoms with E-state index in [4.69, 9.17) is 0 Å². The Balaban J connectivity index is 1.42. The summed E-state index contributed by atoms with van der Waals surface area (Å²) in [5.74, 6) is 1.44. The maximum absolute atomic E-state index is 12.6. The summed E-state index contributed by atoms with van der Waals surface area (Å²) < 4.78 is 2.04. The average Bonchev–Trinajstić information content (AvgIpc) is 3.15. The summed E-state index contributed by atoms with van der Waals surface area (Å²) in [6.45, 7) is 2.08. The molecule has 2 heterocycles. The normalized spacial score (nSPS) is 16.0. The van der Waals surface area contributed by atoms with Gasteiger partial charge in [0.25, 0.3) is 0 Å². The summed E-state index contributed by atoms with van der Waals surface area (Å²) in [5, 5.41) is 4.03. The second-order valence-corrected chi connectivity index (χ2v) is 8.53. The lowest BCUT2D eigenvalue weighted by Gasteiger charge is -2.25. The fourth-order valence-electron chi connectivity index (χ4n) is 3.27. The predicted molar refractivity (Wildman–Crippen MR) is 112 cm³/mol. The Kier molecular flexibility index (Phi) is 5.55. The highest BCUT2D eigenvalue weighted by Gasteiger charge is 2.22. The molecule has 138 valence electrons. The maximum atomic E-state index is 12.6. The minimum Gasteiger partial charge on any atom is -0.348 e. The molecule has 1 amide bonds. The van der Waals surface area contributed by atoms with E-state index in [1.54, 1.807) is 6.20 Å². The first kappa shape index (κ1) is 18.2. The zero-order valence-corrected chi connectivity index (χ0v) is 16.7. The van der Waals surface area contributed by atoms with Crippen LogP contribution in [0.1, 0.15) is 23.6 Å². The van der Waals surface area contributed by atoms with Gasteiger partial charge in [0.15, 0.2) is 5.16 Å². The number of nitrogens with one attached hydrogen (secondary N) is 1. The minimum absolute atomic E-state index is 0.0473. The first-order valence-electron chi connectivity index (χ1n) is 8.95. The topological polar surface area (TPSA) is 46.9 Å². The van der Waals surface area contributed by atoms with Crippen molar-refractivity contribution in [1.82, 2.24) is 14.9 Å². The van der Waals surface area contributed by atoms with Crippen molar-refractivity contribution in [3.8, 4) is 5.69 Å². The third kappa shape index (κ3) is 4.06. The van der Waals surface area contributed by atoms with Crippen molar-refractivity contribution in [3.63, 3.8) is 0 Å². The van der Waals surface area contributed by atoms with E-state index >= 15 is 0 Å². The molecular formula is C21H21N3OS2. The second-order valence-electron chi connectivity index (χ2n) is 6.45. The van der Waals surface area contributed by atoms with E-state index < -0.39 is 0 Å². The first-order valence-corrected chi connectivity index (χ1v) is 10.9. The van der Waals surface area contributed by atoms with Crippen LogP contribution in [-0.2, 0) is 4.79 Å². The number of fused-ring (bicyclic) bond motifs is 1. The van der Waals surface area contributed by atoms with Crippen molar-refractivity contribution in [1.29, 1.82) is 0 Å². The van der Waals surface area contributed by atoms with Gasteiger partial charge in [0.1, 0.15) is 0 Å². The third-order valence-electron chi connectivity index (χ3n) is 4.61. The molecule has 0 fully saturated rings. The Labute approximate surface area is 167 Å². The molecule has 0 saturated heterocycles. The van der Waals surface area contributed by atoms with Crippen molar-refractivity contribution in [2.45, 2.75) is 29.4 Å². The van der Waals surface area contributed by atoms with Crippen LogP contribution < -0.4 is 5.32 Å². The van der Waals surface area contributed by atoms with Gasteiger partial charge in [0.2, 0.25) is 5.91 Å². The Hall–Kier alpha value is -2.18. The molecule has 0 aliphatic carbocycles. The number of imidazole rings is 1. The number of aryl methyl sites for hydroxylation is 1. The van der Waals surface area contributed by atoms with Crippen LogP contribution in [0.5, 0.6) is 0 Å². The van der Waals surface area contributed by atoms with E-state index in [0.717, 1.165) is 23.0 Å². The summed E-state index contributed by atoms with van der Waals surface area (Å²) >= 11 is 3.33. The Morgan fingerprint density at radius 1 is 1.26 bits per heavy atom. The summed E-state index contributed by atoms with van der Waals surface area (Å²) in [4.78, 5) is 18.3. The molecule has 1 aliphatic rings. The number of rotatable bonds is 5. The van der Waals surface area contributed by atoms with Crippen molar-refractivity contribution in [2.75, 3.05) is 11.5 Å². The molecule has 0 radical (unpaired) electrons. The van der Waals surface area contributed by atoms with Crippen LogP contribution in [0, 0.1) is 6.92 Å². The minimum atomic E-state index is 0.0473. The molecule has 0 bridgehead atoms. The number of hydrogen-bond acceptors (Lipinski definition) is 4. The molecule has 4 rings (SSSR count). The number of benzene rings is 2. The number of aromatic nitrogens is 2. The van der Waals surface area contributed by atoms with Crippen LogP contribution in [0.4, 0.5) is 0 Å². The molecule has 4 nitrogen and oxygen atoms in total. The SMILES string of the molecule is Cc1ccccc1-n1ccnc1SCC(=O)NC1CCSc2ccccc21. The van der Waals surface area contributed by atoms with E-state index in [-0.39, 0.29) is 11.9 Å². The third-order valence-corrected chi connectivity index (χ3v) is 6.70. The number of amides is 1. The van der Waals surface area contributed by atoms with Crippen molar-refractivity contribution < 1.29 is 4.79 Å². The highest BCUT2D eigenvalue weighted by Crippen LogP contribution is 2.35. The lowest BCUT2D eigenvalue weighted by Crippen LogP contribution is -2.31. The van der Waals surface area contributed by atoms with E-state index in [0.29, 0.717) is 5.75 Å². The highest BCUT2D eigenvalue weighted by atomic mass is 32.2. The van der Waals surface area contributed by atoms with Gasteiger partial charge in [-0.1, -0.05) is 48.2 Å². The van der Waals surface area contributed by atoms with E-state index in [2.05, 4.69) is 47.6 Å². The van der Waals surface area contributed by atoms with Crippen LogP contribution in [0.25, 0.3) is 5.69 Å². The smallest absolute Gasteiger partial charge is 0.230 e. The molecule has 0 saturated carbocycles. The monoisotopic (exact) mass is 395 g/mol. The van der Waals surface area contributed by atoms with Crippen LogP contribution in [0.3, 0.4) is 0 Å². The quantitative estimate of drug-likeness (QED) is 0.640. The highest BCUT2D eigenvalue weighted by molar-refractivity contribution is 7.99. The molecule has 1 N–H and O–H groups in total. The summed E-state index contributed by atoms with van der Waals surface area (Å²) in [5.41, 5.74) is 3.50. The standard InChI is InChI=1S/C21H21N3OS2/c1-15-6-2-4-8-18(15)24-12-11-22-21(24)27-14-20(25)23-17-10-13-26-19-9-5-3-7-16(17)19/h2-9,11-12,17H,10,13-14H2,1H3,(H,23,25). The van der Waals surface area contributed by atoms with Crippen LogP contribution >= 0.6 is 23.5 Å². The number of carbonyl (C=O) groups is 1. The number of para-hydroxylation sites is 1. The van der Waals surface area contributed by atoms with Crippen LogP contribution in [-0.4, -0.2) is 27.0 Å². The average molecular weight is 396 g/mol. The fourth-order valence-corrected chi connectivity index (χ4v) is 5.17. The molecule has 1 unspecified atom stereocenters. The maximum Gasteiger partial charge on any atom is 0.230 e. The van der Waals surface area contributed by atoms with Gasteiger partial charge in [-0.3, -0.25) is 9.36 Å². The zero-order chi connectivity index (χ0) is 18.6. The Bertz CT molecular complexity index is 954. The number of hydrogen-bond donors (Lipinski definition) is 1. The van der Waals surface area contributed by atoms with Gasteiger partial charge >= 0.3 is 0 Å². The second kappa shape index (κ2) is 8.23. The van der Waals surface area contributed by atoms with Gasteiger partial charge in [-0.2, -0.15) is 0 Å². The molecule has 1 aliphatic heterocycles. The summed E-state index contributed by atoms with van der Waals surface area (Å²) in [6, 6.07) is 16.6. The molecular weight excluding hydrogens is 374 g/mol. The molecule has 27 heavy (non-hydrogen) atoms. The molecule has 0 spiro atoms. The largest absolute Gasteiger partial charge is 0.348 e. The van der Waals surface area contributed by atoms with E-state index in [9.17, 15) is 4.79 Å². The van der Waals surface area contributed by atoms with Gasteiger partial charge in [0.05, 0.1) is 17.5 Å². The lowest BCUT2D eigenvalue weighted by molar-refractivity contribution is -0.119. The zero-order valence-electron chi connectivity index (χ0n) is 15.1. The molecule has 1 atom stereocenters. The number of nitrogens with zero attached hydrogens (tertiary/aromatic N) is 2. The van der Waals surface area contributed by atoms with E-state index in [1.165, 1.54) is 27.8 Å². The molecule has 6 heteroatoms. The first-order chi connectivity index (χ1) is 13.2. The number of thioether (sulfide) groups is 2. The van der Waals surface area contributed by atoms with Gasteiger partial charge in [-0.25, -0.2) is 4.98 Å². The van der Waals surface area contributed by atoms with Gasteiger partial charge in [-0.15, -0.1) is 11.8 Å². The molecule has 3 aromatic rings. The fraction of sp³-hybridized carbons (Fsp3) is 0.238. The summed E-state index contributed by atoms with van der Waals surface area (Å²) in [7, 11) is 0. The van der Waals surface area contributed by atoms with E-state index in [1.807, 2.05) is 40.7 Å². The van der Waals surface area contributed by atoms with Crippen molar-refractivity contribution in [3.05, 3.63) is 72.1 Å². The predicted octanol–water partition coefficient (Wildman–Crippen LogP) is 4.63.